The third kappa shape index (κ3) is 1.88. The zero-order chi connectivity index (χ0) is 11.7. The van der Waals surface area contributed by atoms with E-state index in [1.165, 1.54) is 6.07 Å². The summed E-state index contributed by atoms with van der Waals surface area (Å²) in [5.74, 6) is 0.0725. The first-order valence-corrected chi connectivity index (χ1v) is 5.09. The number of hydrogen-bond donors (Lipinski definition) is 1. The Morgan fingerprint density at radius 3 is 2.81 bits per heavy atom. The van der Waals surface area contributed by atoms with Gasteiger partial charge < -0.3 is 5.32 Å². The molecule has 1 heterocycles. The van der Waals surface area contributed by atoms with E-state index < -0.39 is 4.92 Å². The van der Waals surface area contributed by atoms with Crippen LogP contribution < -0.4 is 5.32 Å². The smallest absolute Gasteiger partial charge is 0.269 e. The molecule has 1 aromatic rings. The number of aryl methyl sites for hydroxylation is 1. The van der Waals surface area contributed by atoms with Crippen LogP contribution in [0, 0.1) is 17.0 Å². The molecule has 0 spiro atoms. The molecular formula is C11H12N2O3. The fourth-order valence-electron chi connectivity index (χ4n) is 2.01. The third-order valence-electron chi connectivity index (χ3n) is 2.89. The molecule has 1 aromatic carbocycles. The molecule has 1 amide bonds. The third-order valence-corrected chi connectivity index (χ3v) is 2.89. The van der Waals surface area contributed by atoms with Crippen molar-refractivity contribution in [3.05, 3.63) is 39.4 Å². The van der Waals surface area contributed by atoms with Gasteiger partial charge in [-0.15, -0.1) is 0 Å². The number of nitrogens with one attached hydrogen (secondary N) is 1. The van der Waals surface area contributed by atoms with Crippen molar-refractivity contribution in [2.75, 3.05) is 6.54 Å². The van der Waals surface area contributed by atoms with Crippen LogP contribution >= 0.6 is 0 Å². The van der Waals surface area contributed by atoms with Crippen molar-refractivity contribution in [3.8, 4) is 0 Å². The molecule has 5 nitrogen and oxygen atoms in total. The van der Waals surface area contributed by atoms with E-state index in [1.54, 1.807) is 12.1 Å². The van der Waals surface area contributed by atoms with E-state index in [0.717, 1.165) is 11.1 Å². The van der Waals surface area contributed by atoms with Gasteiger partial charge in [0.15, 0.2) is 0 Å². The molecule has 1 unspecified atom stereocenters. The highest BCUT2D eigenvalue weighted by atomic mass is 16.6. The number of hydrogen-bond acceptors (Lipinski definition) is 3. The molecule has 0 bridgehead atoms. The molecule has 2 rings (SSSR count). The van der Waals surface area contributed by atoms with E-state index in [0.29, 0.717) is 13.0 Å². The number of nitro groups is 1. The van der Waals surface area contributed by atoms with Crippen LogP contribution in [0.2, 0.25) is 0 Å². The Labute approximate surface area is 92.6 Å². The van der Waals surface area contributed by atoms with Crippen molar-refractivity contribution in [3.63, 3.8) is 0 Å². The molecule has 16 heavy (non-hydrogen) atoms. The largest absolute Gasteiger partial charge is 0.355 e. The molecular weight excluding hydrogens is 208 g/mol. The number of carbonyl (C=O) groups is 1. The van der Waals surface area contributed by atoms with Gasteiger partial charge in [-0.1, -0.05) is 6.07 Å². The minimum absolute atomic E-state index is 0.0101. The lowest BCUT2D eigenvalue weighted by molar-refractivity contribution is -0.384. The second-order valence-corrected chi connectivity index (χ2v) is 4.00. The highest BCUT2D eigenvalue weighted by molar-refractivity contribution is 5.79. The highest BCUT2D eigenvalue weighted by Crippen LogP contribution is 2.28. The number of non-ortho nitro benzene ring substituents is 1. The Kier molecular flexibility index (Phi) is 2.60. The number of rotatable bonds is 2. The number of benzene rings is 1. The van der Waals surface area contributed by atoms with Crippen LogP contribution in [0.25, 0.3) is 0 Å². The van der Waals surface area contributed by atoms with E-state index >= 15 is 0 Å². The molecule has 0 aliphatic carbocycles. The summed E-state index contributed by atoms with van der Waals surface area (Å²) >= 11 is 0. The molecule has 5 heteroatoms. The first-order chi connectivity index (χ1) is 7.58. The normalized spacial score (nSPS) is 19.6. The second-order valence-electron chi connectivity index (χ2n) is 4.00. The first-order valence-electron chi connectivity index (χ1n) is 5.09. The van der Waals surface area contributed by atoms with Crippen molar-refractivity contribution in [1.29, 1.82) is 0 Å². The average molecular weight is 220 g/mol. The van der Waals surface area contributed by atoms with Gasteiger partial charge in [-0.2, -0.15) is 0 Å². The van der Waals surface area contributed by atoms with Crippen LogP contribution in [-0.4, -0.2) is 17.4 Å². The quantitative estimate of drug-likeness (QED) is 0.606. The Hall–Kier alpha value is -1.91. The zero-order valence-corrected chi connectivity index (χ0v) is 8.90. The van der Waals surface area contributed by atoms with E-state index in [-0.39, 0.29) is 17.5 Å². The fourth-order valence-corrected chi connectivity index (χ4v) is 2.01. The number of nitrogens with zero attached hydrogens (tertiary/aromatic N) is 1. The molecule has 1 aliphatic rings. The Balaban J connectivity index is 2.35. The van der Waals surface area contributed by atoms with E-state index in [2.05, 4.69) is 5.32 Å². The predicted octanol–water partition coefficient (Wildman–Crippen LogP) is 1.51. The average Bonchev–Trinajstić information content (AvgIpc) is 2.65. The van der Waals surface area contributed by atoms with Crippen LogP contribution in [0.4, 0.5) is 5.69 Å². The van der Waals surface area contributed by atoms with Crippen molar-refractivity contribution >= 4 is 11.6 Å². The van der Waals surface area contributed by atoms with Gasteiger partial charge in [-0.25, -0.2) is 0 Å². The maximum atomic E-state index is 11.1. The van der Waals surface area contributed by atoms with Gasteiger partial charge in [-0.05, 0) is 18.1 Å². The lowest BCUT2D eigenvalue weighted by Crippen LogP contribution is -2.13. The standard InChI is InChI=1S/C11H12N2O3/c1-7-2-3-9(13(15)16)5-10(7)8-4-11(14)12-6-8/h2-3,5,8H,4,6H2,1H3,(H,12,14). The summed E-state index contributed by atoms with van der Waals surface area (Å²) in [6, 6.07) is 4.79. The summed E-state index contributed by atoms with van der Waals surface area (Å²) in [5, 5.41) is 13.4. The van der Waals surface area contributed by atoms with Gasteiger partial charge >= 0.3 is 0 Å². The minimum Gasteiger partial charge on any atom is -0.355 e. The lowest BCUT2D eigenvalue weighted by Gasteiger charge is -2.10. The molecule has 1 atom stereocenters. The van der Waals surface area contributed by atoms with Gasteiger partial charge in [0.05, 0.1) is 4.92 Å². The minimum atomic E-state index is -0.410. The van der Waals surface area contributed by atoms with Gasteiger partial charge in [0.1, 0.15) is 0 Å². The monoisotopic (exact) mass is 220 g/mol. The molecule has 1 fully saturated rings. The summed E-state index contributed by atoms with van der Waals surface area (Å²) in [5.41, 5.74) is 1.97. The Morgan fingerprint density at radius 2 is 2.25 bits per heavy atom. The zero-order valence-electron chi connectivity index (χ0n) is 8.90. The molecule has 0 radical (unpaired) electrons. The van der Waals surface area contributed by atoms with Crippen molar-refractivity contribution < 1.29 is 9.72 Å². The number of amides is 1. The number of nitro benzene ring substituents is 1. The van der Waals surface area contributed by atoms with E-state index in [9.17, 15) is 14.9 Å². The Bertz CT molecular complexity index is 457. The maximum absolute atomic E-state index is 11.1. The summed E-state index contributed by atoms with van der Waals surface area (Å²) in [6.45, 7) is 2.47. The SMILES string of the molecule is Cc1ccc([N+](=O)[O-])cc1C1CNC(=O)C1. The van der Waals surface area contributed by atoms with Gasteiger partial charge in [-0.3, -0.25) is 14.9 Å². The lowest BCUT2D eigenvalue weighted by atomic mass is 9.93. The van der Waals surface area contributed by atoms with Crippen LogP contribution in [0.3, 0.4) is 0 Å². The first kappa shape index (κ1) is 10.6. The van der Waals surface area contributed by atoms with Crippen molar-refractivity contribution in [1.82, 2.24) is 5.32 Å². The molecule has 1 saturated heterocycles. The van der Waals surface area contributed by atoms with E-state index in [4.69, 9.17) is 0 Å². The topological polar surface area (TPSA) is 72.2 Å². The van der Waals surface area contributed by atoms with Gasteiger partial charge in [0.25, 0.3) is 5.69 Å². The van der Waals surface area contributed by atoms with E-state index in [1.807, 2.05) is 6.92 Å². The van der Waals surface area contributed by atoms with Crippen LogP contribution in [0.15, 0.2) is 18.2 Å². The second kappa shape index (κ2) is 3.92. The summed E-state index contributed by atoms with van der Waals surface area (Å²) in [6.07, 6.45) is 0.419. The van der Waals surface area contributed by atoms with Gasteiger partial charge in [0.2, 0.25) is 5.91 Å². The number of carbonyl (C=O) groups excluding carboxylic acids is 1. The molecule has 0 saturated carbocycles. The maximum Gasteiger partial charge on any atom is 0.269 e. The van der Waals surface area contributed by atoms with Crippen molar-refractivity contribution in [2.24, 2.45) is 0 Å². The summed E-state index contributed by atoms with van der Waals surface area (Å²) in [7, 11) is 0. The summed E-state index contributed by atoms with van der Waals surface area (Å²) in [4.78, 5) is 21.4. The molecule has 1 N–H and O–H groups in total. The molecule has 84 valence electrons. The van der Waals surface area contributed by atoms with Crippen LogP contribution in [-0.2, 0) is 4.79 Å². The molecule has 0 aromatic heterocycles. The summed E-state index contributed by atoms with van der Waals surface area (Å²) < 4.78 is 0. The predicted molar refractivity (Wildman–Crippen MR) is 58.2 cm³/mol. The van der Waals surface area contributed by atoms with Crippen molar-refractivity contribution in [2.45, 2.75) is 19.3 Å². The highest BCUT2D eigenvalue weighted by Gasteiger charge is 2.25. The Morgan fingerprint density at radius 1 is 1.50 bits per heavy atom. The molecule has 1 aliphatic heterocycles. The van der Waals surface area contributed by atoms with Crippen LogP contribution in [0.5, 0.6) is 0 Å². The van der Waals surface area contributed by atoms with Crippen LogP contribution in [0.1, 0.15) is 23.5 Å². The fraction of sp³-hybridized carbons (Fsp3) is 0.364. The van der Waals surface area contributed by atoms with Gasteiger partial charge in [0, 0.05) is 31.0 Å².